The van der Waals surface area contributed by atoms with Crippen molar-refractivity contribution in [2.45, 2.75) is 26.7 Å². The smallest absolute Gasteiger partial charge is 0.298 e. The maximum atomic E-state index is 12.7. The molecule has 1 heterocycles. The van der Waals surface area contributed by atoms with E-state index in [1.54, 1.807) is 11.8 Å². The highest BCUT2D eigenvalue weighted by Gasteiger charge is 2.27. The number of aryl methyl sites for hydroxylation is 1. The second-order valence-corrected chi connectivity index (χ2v) is 6.90. The standard InChI is InChI=1S/C23H24N2O2/c1-3-7-22(26)25-13-6-11-20(16-25)23(27)24-21-12-5-10-19(15-21)18-9-4-8-17(2)14-18/h4-5,8-10,12,14-15,20H,6,11,13,16H2,1-2H3,(H,24,27)/t20-/m0/s1. The summed E-state index contributed by atoms with van der Waals surface area (Å²) in [6.07, 6.45) is 1.60. The number of anilines is 1. The van der Waals surface area contributed by atoms with E-state index in [2.05, 4.69) is 42.3 Å². The summed E-state index contributed by atoms with van der Waals surface area (Å²) in [5.74, 6) is 4.75. The molecule has 138 valence electrons. The second-order valence-electron chi connectivity index (χ2n) is 6.90. The van der Waals surface area contributed by atoms with Crippen LogP contribution in [0.1, 0.15) is 25.3 Å². The lowest BCUT2D eigenvalue weighted by atomic mass is 9.96. The molecule has 2 aromatic carbocycles. The van der Waals surface area contributed by atoms with E-state index in [-0.39, 0.29) is 17.7 Å². The van der Waals surface area contributed by atoms with Crippen molar-refractivity contribution in [2.24, 2.45) is 5.92 Å². The third-order valence-electron chi connectivity index (χ3n) is 4.79. The summed E-state index contributed by atoms with van der Waals surface area (Å²) in [6.45, 7) is 4.80. The first-order valence-corrected chi connectivity index (χ1v) is 9.26. The summed E-state index contributed by atoms with van der Waals surface area (Å²) in [6, 6.07) is 16.1. The highest BCUT2D eigenvalue weighted by Crippen LogP contribution is 2.25. The van der Waals surface area contributed by atoms with Gasteiger partial charge in [-0.05, 0) is 55.9 Å². The van der Waals surface area contributed by atoms with Gasteiger partial charge in [-0.25, -0.2) is 0 Å². The minimum Gasteiger partial charge on any atom is -0.331 e. The molecule has 0 aromatic heterocycles. The number of rotatable bonds is 3. The van der Waals surface area contributed by atoms with Crippen LogP contribution >= 0.6 is 0 Å². The van der Waals surface area contributed by atoms with Crippen LogP contribution in [0.3, 0.4) is 0 Å². The second kappa shape index (κ2) is 8.55. The molecule has 1 saturated heterocycles. The molecule has 27 heavy (non-hydrogen) atoms. The molecule has 4 heteroatoms. The zero-order valence-corrected chi connectivity index (χ0v) is 15.8. The SMILES string of the molecule is CC#CC(=O)N1CCC[C@H](C(=O)Nc2cccc(-c3cccc(C)c3)c2)C1. The summed E-state index contributed by atoms with van der Waals surface area (Å²) < 4.78 is 0. The molecule has 0 saturated carbocycles. The molecular formula is C23H24N2O2. The minimum atomic E-state index is -0.205. The molecule has 4 nitrogen and oxygen atoms in total. The van der Waals surface area contributed by atoms with Gasteiger partial charge in [0.2, 0.25) is 5.91 Å². The van der Waals surface area contributed by atoms with Gasteiger partial charge in [0.25, 0.3) is 5.91 Å². The Labute approximate surface area is 160 Å². The molecule has 1 N–H and O–H groups in total. The third-order valence-corrected chi connectivity index (χ3v) is 4.79. The molecule has 0 radical (unpaired) electrons. The number of carbonyl (C=O) groups excluding carboxylic acids is 2. The Hall–Kier alpha value is -3.06. The quantitative estimate of drug-likeness (QED) is 0.845. The molecule has 3 rings (SSSR count). The summed E-state index contributed by atoms with van der Waals surface area (Å²) in [5.41, 5.74) is 4.16. The van der Waals surface area contributed by atoms with E-state index in [9.17, 15) is 9.59 Å². The van der Waals surface area contributed by atoms with Crippen LogP contribution in [-0.2, 0) is 9.59 Å². The van der Waals surface area contributed by atoms with Crippen molar-refractivity contribution in [1.82, 2.24) is 4.90 Å². The lowest BCUT2D eigenvalue weighted by Gasteiger charge is -2.30. The number of likely N-dealkylation sites (tertiary alicyclic amines) is 1. The van der Waals surface area contributed by atoms with Crippen LogP contribution < -0.4 is 5.32 Å². The van der Waals surface area contributed by atoms with Gasteiger partial charge in [-0.3, -0.25) is 9.59 Å². The summed E-state index contributed by atoms with van der Waals surface area (Å²) in [4.78, 5) is 26.4. The Kier molecular flexibility index (Phi) is 5.93. The molecular weight excluding hydrogens is 336 g/mol. The number of hydrogen-bond donors (Lipinski definition) is 1. The van der Waals surface area contributed by atoms with Gasteiger partial charge < -0.3 is 10.2 Å². The maximum Gasteiger partial charge on any atom is 0.298 e. The van der Waals surface area contributed by atoms with Gasteiger partial charge in [-0.15, -0.1) is 0 Å². The van der Waals surface area contributed by atoms with E-state index in [0.29, 0.717) is 13.1 Å². The molecule has 0 spiro atoms. The molecule has 2 amide bonds. The van der Waals surface area contributed by atoms with Crippen LogP contribution in [-0.4, -0.2) is 29.8 Å². The molecule has 1 fully saturated rings. The van der Waals surface area contributed by atoms with Gasteiger partial charge in [0.05, 0.1) is 5.92 Å². The number of nitrogens with zero attached hydrogens (tertiary/aromatic N) is 1. The fourth-order valence-corrected chi connectivity index (χ4v) is 3.41. The van der Waals surface area contributed by atoms with E-state index in [0.717, 1.165) is 29.7 Å². The first-order valence-electron chi connectivity index (χ1n) is 9.26. The topological polar surface area (TPSA) is 49.4 Å². The van der Waals surface area contributed by atoms with Crippen molar-refractivity contribution in [3.05, 3.63) is 54.1 Å². The average Bonchev–Trinajstić information content (AvgIpc) is 2.68. The Morgan fingerprint density at radius 1 is 1.11 bits per heavy atom. The van der Waals surface area contributed by atoms with Crippen LogP contribution in [0, 0.1) is 24.7 Å². The Balaban J connectivity index is 1.69. The molecule has 1 atom stereocenters. The number of carbonyl (C=O) groups is 2. The largest absolute Gasteiger partial charge is 0.331 e. The maximum absolute atomic E-state index is 12.7. The first-order chi connectivity index (χ1) is 13.1. The summed E-state index contributed by atoms with van der Waals surface area (Å²) in [7, 11) is 0. The fraction of sp³-hybridized carbons (Fsp3) is 0.304. The molecule has 0 bridgehead atoms. The van der Waals surface area contributed by atoms with Gasteiger partial charge in [0.1, 0.15) is 0 Å². The lowest BCUT2D eigenvalue weighted by molar-refractivity contribution is -0.129. The zero-order chi connectivity index (χ0) is 19.2. The van der Waals surface area contributed by atoms with Crippen molar-refractivity contribution in [1.29, 1.82) is 0 Å². The highest BCUT2D eigenvalue weighted by molar-refractivity contribution is 5.96. The number of benzene rings is 2. The van der Waals surface area contributed by atoms with Gasteiger partial charge in [0.15, 0.2) is 0 Å². The van der Waals surface area contributed by atoms with Crippen molar-refractivity contribution < 1.29 is 9.59 Å². The molecule has 0 aliphatic carbocycles. The van der Waals surface area contributed by atoms with Crippen LogP contribution in [0.5, 0.6) is 0 Å². The molecule has 1 aliphatic heterocycles. The average molecular weight is 360 g/mol. The summed E-state index contributed by atoms with van der Waals surface area (Å²) >= 11 is 0. The van der Waals surface area contributed by atoms with Gasteiger partial charge >= 0.3 is 0 Å². The fourth-order valence-electron chi connectivity index (χ4n) is 3.41. The Morgan fingerprint density at radius 3 is 2.59 bits per heavy atom. The van der Waals surface area contributed by atoms with Gasteiger partial charge in [-0.2, -0.15) is 0 Å². The predicted molar refractivity (Wildman–Crippen MR) is 108 cm³/mol. The van der Waals surface area contributed by atoms with Crippen molar-refractivity contribution in [2.75, 3.05) is 18.4 Å². The van der Waals surface area contributed by atoms with Crippen LogP contribution in [0.4, 0.5) is 5.69 Å². The predicted octanol–water partition coefficient (Wildman–Crippen LogP) is 3.86. The van der Waals surface area contributed by atoms with Crippen LogP contribution in [0.15, 0.2) is 48.5 Å². The number of amides is 2. The van der Waals surface area contributed by atoms with Gasteiger partial charge in [0, 0.05) is 18.8 Å². The van der Waals surface area contributed by atoms with E-state index in [1.165, 1.54) is 5.56 Å². The number of piperidine rings is 1. The highest BCUT2D eigenvalue weighted by atomic mass is 16.2. The van der Waals surface area contributed by atoms with E-state index >= 15 is 0 Å². The zero-order valence-electron chi connectivity index (χ0n) is 15.8. The van der Waals surface area contributed by atoms with E-state index in [1.807, 2.05) is 30.3 Å². The third kappa shape index (κ3) is 4.77. The monoisotopic (exact) mass is 360 g/mol. The number of nitrogens with one attached hydrogen (secondary N) is 1. The minimum absolute atomic E-state index is 0.0432. The number of hydrogen-bond acceptors (Lipinski definition) is 2. The Morgan fingerprint density at radius 2 is 1.85 bits per heavy atom. The van der Waals surface area contributed by atoms with Crippen LogP contribution in [0.25, 0.3) is 11.1 Å². The van der Waals surface area contributed by atoms with Gasteiger partial charge in [-0.1, -0.05) is 47.9 Å². The van der Waals surface area contributed by atoms with Crippen LogP contribution in [0.2, 0.25) is 0 Å². The Bertz CT molecular complexity index is 908. The van der Waals surface area contributed by atoms with E-state index in [4.69, 9.17) is 0 Å². The normalized spacial score (nSPS) is 16.2. The first kappa shape index (κ1) is 18.7. The lowest BCUT2D eigenvalue weighted by Crippen LogP contribution is -2.43. The molecule has 2 aromatic rings. The summed E-state index contributed by atoms with van der Waals surface area (Å²) in [5, 5.41) is 3.01. The van der Waals surface area contributed by atoms with Crippen molar-refractivity contribution in [3.8, 4) is 23.0 Å². The van der Waals surface area contributed by atoms with Crippen molar-refractivity contribution in [3.63, 3.8) is 0 Å². The molecule has 0 unspecified atom stereocenters. The molecule has 1 aliphatic rings. The van der Waals surface area contributed by atoms with E-state index < -0.39 is 0 Å². The van der Waals surface area contributed by atoms with Crippen molar-refractivity contribution >= 4 is 17.5 Å².